The first-order valence-corrected chi connectivity index (χ1v) is 18.6. The number of rotatable bonds is 25. The van der Waals surface area contributed by atoms with Crippen molar-refractivity contribution < 1.29 is 71.6 Å². The maximum atomic E-state index is 12.9. The first kappa shape index (κ1) is 51.1. The van der Waals surface area contributed by atoms with Gasteiger partial charge >= 0.3 is 42.0 Å². The largest absolute Gasteiger partial charge is 0.462 e. The van der Waals surface area contributed by atoms with Gasteiger partial charge in [0.1, 0.15) is 37.9 Å². The van der Waals surface area contributed by atoms with Gasteiger partial charge in [-0.2, -0.15) is 0 Å². The van der Waals surface area contributed by atoms with E-state index >= 15 is 0 Å². The fourth-order valence-corrected chi connectivity index (χ4v) is 6.03. The third-order valence-corrected chi connectivity index (χ3v) is 8.53. The summed E-state index contributed by atoms with van der Waals surface area (Å²) in [6, 6.07) is -0.184. The van der Waals surface area contributed by atoms with Gasteiger partial charge in [0.05, 0.1) is 25.2 Å². The average molecular weight is 834 g/mol. The Labute approximate surface area is 345 Å². The molecule has 18 heteroatoms. The number of nitrogens with one attached hydrogen (secondary N) is 3. The SMILES string of the molecule is C=CC(=O)OCC(COCC(COC(=O)C(=C)NOC(=O)NCC1(C)CC(NC(=O)OCC(C)C)CC(C)(C)C1)=C(C)OC(=O)C=C)(COC(=O)C=C)COC(=O)C=C. The molecule has 2 atom stereocenters. The van der Waals surface area contributed by atoms with E-state index in [1.807, 2.05) is 20.8 Å². The van der Waals surface area contributed by atoms with Crippen molar-refractivity contribution in [3.8, 4) is 0 Å². The summed E-state index contributed by atoms with van der Waals surface area (Å²) in [4.78, 5) is 90.7. The molecule has 0 aromatic rings. The molecule has 2 unspecified atom stereocenters. The molecule has 0 radical (unpaired) electrons. The second kappa shape index (κ2) is 24.8. The van der Waals surface area contributed by atoms with Crippen LogP contribution in [-0.4, -0.2) is 101 Å². The molecule has 59 heavy (non-hydrogen) atoms. The van der Waals surface area contributed by atoms with Crippen molar-refractivity contribution in [2.75, 3.05) is 52.8 Å². The number of alkyl carbamates (subject to hydrolysis) is 1. The van der Waals surface area contributed by atoms with Crippen molar-refractivity contribution in [3.05, 3.63) is 74.2 Å². The van der Waals surface area contributed by atoms with Crippen LogP contribution in [-0.2, 0) is 62.0 Å². The molecule has 1 saturated carbocycles. The lowest BCUT2D eigenvalue weighted by atomic mass is 9.62. The lowest BCUT2D eigenvalue weighted by Crippen LogP contribution is -2.50. The standard InChI is InChI=1S/C41H59N3O15/c1-12-32(45)55-24-41(25-56-33(46)13-2,26-57-34(47)14-3)23-52-19-30(29(8)58-35(48)15-4)20-53-36(49)28(7)44-59-37(50)42-22-40(11)17-31(16-39(9,10)21-40)43-38(51)54-18-27(5)6/h12-15,27,31,44H,1-4,7,16-26H2,5-6,8-11H3,(H,42,50)(H,43,51). The van der Waals surface area contributed by atoms with Gasteiger partial charge in [-0.25, -0.2) is 39.0 Å². The van der Waals surface area contributed by atoms with Gasteiger partial charge in [0, 0.05) is 42.5 Å². The minimum Gasteiger partial charge on any atom is -0.462 e. The summed E-state index contributed by atoms with van der Waals surface area (Å²) in [5, 5.41) is 5.62. The van der Waals surface area contributed by atoms with E-state index in [2.05, 4.69) is 62.9 Å². The van der Waals surface area contributed by atoms with Crippen LogP contribution in [0.5, 0.6) is 0 Å². The van der Waals surface area contributed by atoms with E-state index in [0.717, 1.165) is 37.1 Å². The number of esters is 5. The molecule has 0 aromatic carbocycles. The van der Waals surface area contributed by atoms with E-state index in [4.69, 9.17) is 38.0 Å². The number of hydroxylamine groups is 1. The van der Waals surface area contributed by atoms with Crippen LogP contribution in [0.3, 0.4) is 0 Å². The van der Waals surface area contributed by atoms with Crippen LogP contribution in [0.25, 0.3) is 0 Å². The molecular weight excluding hydrogens is 774 g/mol. The maximum absolute atomic E-state index is 12.9. The van der Waals surface area contributed by atoms with Crippen molar-refractivity contribution in [2.24, 2.45) is 22.2 Å². The topological polar surface area (TPSA) is 229 Å². The molecular formula is C41H59N3O15. The van der Waals surface area contributed by atoms with Crippen LogP contribution in [0.15, 0.2) is 74.2 Å². The fourth-order valence-electron chi connectivity index (χ4n) is 6.03. The molecule has 0 aromatic heterocycles. The number of hydrogen-bond acceptors (Lipinski definition) is 16. The van der Waals surface area contributed by atoms with Crippen LogP contribution in [0.4, 0.5) is 9.59 Å². The Morgan fingerprint density at radius 3 is 1.80 bits per heavy atom. The highest BCUT2D eigenvalue weighted by Gasteiger charge is 2.42. The molecule has 1 fully saturated rings. The van der Waals surface area contributed by atoms with Gasteiger partial charge in [0.15, 0.2) is 0 Å². The number of carbonyl (C=O) groups is 7. The maximum Gasteiger partial charge on any atom is 0.431 e. The molecule has 1 aliphatic rings. The minimum absolute atomic E-state index is 0.0407. The highest BCUT2D eigenvalue weighted by molar-refractivity contribution is 5.87. The van der Waals surface area contributed by atoms with E-state index in [-0.39, 0.29) is 35.3 Å². The quantitative estimate of drug-likeness (QED) is 0.0380. The van der Waals surface area contributed by atoms with Gasteiger partial charge in [0.2, 0.25) is 0 Å². The first-order chi connectivity index (χ1) is 27.6. The molecule has 0 spiro atoms. The van der Waals surface area contributed by atoms with E-state index in [9.17, 15) is 33.6 Å². The Kier molecular flexibility index (Phi) is 21.5. The third kappa shape index (κ3) is 20.4. The molecule has 3 N–H and O–H groups in total. The molecule has 0 bridgehead atoms. The summed E-state index contributed by atoms with van der Waals surface area (Å²) in [6.07, 6.45) is 4.21. The van der Waals surface area contributed by atoms with Crippen LogP contribution >= 0.6 is 0 Å². The number of carbonyl (C=O) groups excluding carboxylic acids is 7. The van der Waals surface area contributed by atoms with Crippen LogP contribution in [0.1, 0.15) is 60.8 Å². The highest BCUT2D eigenvalue weighted by Crippen LogP contribution is 2.45. The van der Waals surface area contributed by atoms with Crippen molar-refractivity contribution >= 4 is 42.0 Å². The average Bonchev–Trinajstić information content (AvgIpc) is 3.18. The smallest absolute Gasteiger partial charge is 0.431 e. The normalized spacial score (nSPS) is 17.3. The number of allylic oxidation sites excluding steroid dienone is 1. The van der Waals surface area contributed by atoms with Gasteiger partial charge in [-0.3, -0.25) is 0 Å². The Morgan fingerprint density at radius 1 is 0.746 bits per heavy atom. The van der Waals surface area contributed by atoms with E-state index < -0.39 is 98.2 Å². The van der Waals surface area contributed by atoms with E-state index in [1.54, 1.807) is 0 Å². The first-order valence-electron chi connectivity index (χ1n) is 18.6. The Hall–Kier alpha value is -5.91. The summed E-state index contributed by atoms with van der Waals surface area (Å²) in [7, 11) is 0. The van der Waals surface area contributed by atoms with E-state index in [0.29, 0.717) is 13.0 Å². The predicted molar refractivity (Wildman–Crippen MR) is 212 cm³/mol. The van der Waals surface area contributed by atoms with E-state index in [1.165, 1.54) is 6.92 Å². The summed E-state index contributed by atoms with van der Waals surface area (Å²) < 4.78 is 37.2. The lowest BCUT2D eigenvalue weighted by Gasteiger charge is -2.46. The van der Waals surface area contributed by atoms with Crippen LogP contribution in [0, 0.1) is 22.2 Å². The van der Waals surface area contributed by atoms with Gasteiger partial charge < -0.3 is 48.6 Å². The van der Waals surface area contributed by atoms with Crippen molar-refractivity contribution in [3.63, 3.8) is 0 Å². The van der Waals surface area contributed by atoms with Crippen molar-refractivity contribution in [2.45, 2.75) is 66.8 Å². The summed E-state index contributed by atoms with van der Waals surface area (Å²) in [6.45, 7) is 26.0. The molecule has 0 saturated heterocycles. The minimum atomic E-state index is -1.48. The van der Waals surface area contributed by atoms with Gasteiger partial charge in [0.25, 0.3) is 0 Å². The molecule has 18 nitrogen and oxygen atoms in total. The molecule has 2 amide bonds. The number of hydrogen-bond donors (Lipinski definition) is 3. The lowest BCUT2D eigenvalue weighted by molar-refractivity contribution is -0.160. The molecule has 0 aliphatic heterocycles. The predicted octanol–water partition coefficient (Wildman–Crippen LogP) is 4.44. The summed E-state index contributed by atoms with van der Waals surface area (Å²) >= 11 is 0. The Morgan fingerprint density at radius 2 is 1.29 bits per heavy atom. The molecule has 1 rings (SSSR count). The number of amides is 2. The Bertz CT molecular complexity index is 1560. The zero-order valence-corrected chi connectivity index (χ0v) is 34.9. The van der Waals surface area contributed by atoms with Gasteiger partial charge in [-0.1, -0.05) is 67.5 Å². The van der Waals surface area contributed by atoms with Crippen LogP contribution < -0.4 is 16.1 Å². The molecule has 0 heterocycles. The second-order valence-corrected chi connectivity index (χ2v) is 15.5. The summed E-state index contributed by atoms with van der Waals surface area (Å²) in [5.74, 6) is -4.24. The zero-order valence-electron chi connectivity index (χ0n) is 34.9. The monoisotopic (exact) mass is 833 g/mol. The zero-order chi connectivity index (χ0) is 44.8. The van der Waals surface area contributed by atoms with Gasteiger partial charge in [-0.05, 0) is 42.9 Å². The fraction of sp³-hybridized carbons (Fsp3) is 0.537. The molecule has 1 aliphatic carbocycles. The highest BCUT2D eigenvalue weighted by atomic mass is 16.7. The second-order valence-electron chi connectivity index (χ2n) is 15.5. The Balaban J connectivity index is 2.97. The molecule has 328 valence electrons. The van der Waals surface area contributed by atoms with Crippen molar-refractivity contribution in [1.82, 2.24) is 16.1 Å². The van der Waals surface area contributed by atoms with Crippen LogP contribution in [0.2, 0.25) is 0 Å². The third-order valence-electron chi connectivity index (χ3n) is 8.53. The van der Waals surface area contributed by atoms with Crippen molar-refractivity contribution in [1.29, 1.82) is 0 Å². The summed E-state index contributed by atoms with van der Waals surface area (Å²) in [5.41, 5.74) is -0.274. The number of ether oxygens (including phenoxy) is 7. The van der Waals surface area contributed by atoms with Gasteiger partial charge in [-0.15, -0.1) is 0 Å².